The van der Waals surface area contributed by atoms with Crippen LogP contribution < -0.4 is 0 Å². The first-order valence-electron chi connectivity index (χ1n) is 16.9. The average Bonchev–Trinajstić information content (AvgIpc) is 3.08. The van der Waals surface area contributed by atoms with E-state index in [-0.39, 0.29) is 47.6 Å². The third-order valence-corrected chi connectivity index (χ3v) is 10.7. The number of hydrogen-bond acceptors (Lipinski definition) is 6. The molecule has 0 radical (unpaired) electrons. The van der Waals surface area contributed by atoms with Gasteiger partial charge in [0.1, 0.15) is 11.2 Å². The second-order valence-corrected chi connectivity index (χ2v) is 13.7. The zero-order valence-electron chi connectivity index (χ0n) is 27.5. The Bertz CT molecular complexity index is 1270. The lowest BCUT2D eigenvalue weighted by Crippen LogP contribution is -2.52. The van der Waals surface area contributed by atoms with Crippen molar-refractivity contribution in [1.29, 1.82) is 0 Å². The van der Waals surface area contributed by atoms with Crippen LogP contribution in [-0.2, 0) is 9.47 Å². The molecule has 4 aliphatic rings. The summed E-state index contributed by atoms with van der Waals surface area (Å²) in [7, 11) is 0. The maximum absolute atomic E-state index is 12.6. The first-order chi connectivity index (χ1) is 22.8. The molecule has 0 unspecified atom stereocenters. The van der Waals surface area contributed by atoms with Crippen LogP contribution in [0.5, 0.6) is 0 Å². The molecule has 2 aromatic rings. The molecule has 0 bridgehead atoms. The molecule has 48 heavy (non-hydrogen) atoms. The average molecular weight is 679 g/mol. The van der Waals surface area contributed by atoms with Crippen LogP contribution in [0.3, 0.4) is 0 Å². The van der Waals surface area contributed by atoms with Gasteiger partial charge in [-0.15, -0.1) is 0 Å². The van der Waals surface area contributed by atoms with Gasteiger partial charge in [0, 0.05) is 37.1 Å². The summed E-state index contributed by atoms with van der Waals surface area (Å²) in [4.78, 5) is 28.2. The van der Waals surface area contributed by atoms with Gasteiger partial charge in [-0.3, -0.25) is 0 Å². The summed E-state index contributed by atoms with van der Waals surface area (Å²) in [6.45, 7) is 4.90. The zero-order chi connectivity index (χ0) is 34.6. The van der Waals surface area contributed by atoms with Gasteiger partial charge >= 0.3 is 12.2 Å². The van der Waals surface area contributed by atoms with Crippen LogP contribution in [-0.4, -0.2) is 68.7 Å². The fourth-order valence-electron chi connectivity index (χ4n) is 7.29. The van der Waals surface area contributed by atoms with Crippen molar-refractivity contribution in [3.05, 3.63) is 70.8 Å². The molecule has 0 aromatic heterocycles. The van der Waals surface area contributed by atoms with Gasteiger partial charge in [-0.05, 0) is 76.3 Å². The fourth-order valence-corrected chi connectivity index (χ4v) is 7.29. The number of nitrogens with zero attached hydrogens (tertiary/aromatic N) is 2. The second kappa shape index (κ2) is 15.0. The number of rotatable bonds is 6. The molecule has 2 aliphatic carbocycles. The molecule has 2 heterocycles. The van der Waals surface area contributed by atoms with E-state index in [1.807, 2.05) is 13.8 Å². The van der Waals surface area contributed by atoms with Crippen LogP contribution in [0.1, 0.15) is 125 Å². The van der Waals surface area contributed by atoms with E-state index >= 15 is 0 Å². The van der Waals surface area contributed by atoms with Crippen molar-refractivity contribution < 1.29 is 46.8 Å². The van der Waals surface area contributed by atoms with Gasteiger partial charge in [0.2, 0.25) is 0 Å². The molecule has 2 saturated heterocycles. The minimum atomic E-state index is -2.49. The maximum atomic E-state index is 12.6. The summed E-state index contributed by atoms with van der Waals surface area (Å²) in [5.41, 5.74) is 0.703. The van der Waals surface area contributed by atoms with E-state index in [0.717, 1.165) is 24.0 Å². The van der Waals surface area contributed by atoms with Crippen molar-refractivity contribution in [2.24, 2.45) is 0 Å². The smallest absolute Gasteiger partial charge is 0.410 e. The molecule has 2 N–H and O–H groups in total. The van der Waals surface area contributed by atoms with Crippen molar-refractivity contribution in [3.63, 3.8) is 0 Å². The Kier molecular flexibility index (Phi) is 11.2. The highest BCUT2D eigenvalue weighted by atomic mass is 19.3. The minimum absolute atomic E-state index is 0.0214. The molecule has 2 aliphatic heterocycles. The number of carbonyl (C=O) groups excluding carboxylic acids is 2. The predicted octanol–water partition coefficient (Wildman–Crippen LogP) is 8.40. The van der Waals surface area contributed by atoms with Gasteiger partial charge in [0.05, 0.1) is 24.3 Å². The van der Waals surface area contributed by atoms with Crippen LogP contribution in [0.2, 0.25) is 0 Å². The number of ether oxygens (including phenoxy) is 2. The first kappa shape index (κ1) is 35.9. The number of halogens is 4. The normalized spacial score (nSPS) is 29.0. The summed E-state index contributed by atoms with van der Waals surface area (Å²) in [6.07, 6.45) is 0.658. The summed E-state index contributed by atoms with van der Waals surface area (Å²) in [5.74, 6) is 0. The van der Waals surface area contributed by atoms with Crippen LogP contribution in [0.4, 0.5) is 27.2 Å². The number of carbonyl (C=O) groups is 2. The molecule has 8 nitrogen and oxygen atoms in total. The van der Waals surface area contributed by atoms with Crippen LogP contribution in [0.25, 0.3) is 0 Å². The van der Waals surface area contributed by atoms with E-state index < -0.39 is 24.1 Å². The standard InChI is InChI=1S/2C18H23F2NO3/c2*1-12(13-2-4-14(5-3-13)16(19)20)21-11-10-18(24-17(21)23)8-6-15(22)7-9-18/h2*2-5,12,15-16,22H,6-11H2,1H3/t2*12-,15?,18?/m00/s1. The number of hydrogen-bond donors (Lipinski definition) is 2. The zero-order valence-corrected chi connectivity index (χ0v) is 27.5. The number of benzene rings is 2. The molecule has 2 spiro atoms. The van der Waals surface area contributed by atoms with Crippen molar-refractivity contribution >= 4 is 12.2 Å². The van der Waals surface area contributed by atoms with E-state index in [0.29, 0.717) is 64.5 Å². The van der Waals surface area contributed by atoms with Gasteiger partial charge in [-0.1, -0.05) is 48.5 Å². The number of aliphatic hydroxyl groups is 2. The van der Waals surface area contributed by atoms with E-state index in [2.05, 4.69) is 0 Å². The Morgan fingerprint density at radius 3 is 1.15 bits per heavy atom. The van der Waals surface area contributed by atoms with Crippen LogP contribution in [0.15, 0.2) is 48.5 Å². The largest absolute Gasteiger partial charge is 0.443 e. The van der Waals surface area contributed by atoms with Crippen molar-refractivity contribution in [1.82, 2.24) is 9.80 Å². The Labute approximate surface area is 279 Å². The first-order valence-corrected chi connectivity index (χ1v) is 16.9. The van der Waals surface area contributed by atoms with Gasteiger partial charge in [0.25, 0.3) is 12.9 Å². The molecule has 2 aromatic carbocycles. The van der Waals surface area contributed by atoms with Gasteiger partial charge in [-0.25, -0.2) is 27.2 Å². The maximum Gasteiger partial charge on any atom is 0.410 e. The minimum Gasteiger partial charge on any atom is -0.443 e. The SMILES string of the molecule is C[C@@H](c1ccc(C(F)F)cc1)N1CCC2(CCC(O)CC2)OC1=O.C[C@@H](c1ccc(C(F)F)cc1)N1CCC2(CCC(O)CC2)OC1=O. The quantitative estimate of drug-likeness (QED) is 0.298. The molecule has 2 saturated carbocycles. The third kappa shape index (κ3) is 8.25. The molecule has 12 heteroatoms. The molecule has 2 atom stereocenters. The summed E-state index contributed by atoms with van der Waals surface area (Å²) in [6, 6.07) is 11.7. The van der Waals surface area contributed by atoms with Crippen molar-refractivity contribution in [2.75, 3.05) is 13.1 Å². The summed E-state index contributed by atoms with van der Waals surface area (Å²) < 4.78 is 62.0. The highest BCUT2D eigenvalue weighted by Gasteiger charge is 2.45. The number of aliphatic hydroxyl groups excluding tert-OH is 2. The summed E-state index contributed by atoms with van der Waals surface area (Å²) in [5, 5.41) is 19.3. The number of alkyl halides is 4. The molecular weight excluding hydrogens is 632 g/mol. The monoisotopic (exact) mass is 678 g/mol. The molecule has 4 fully saturated rings. The van der Waals surface area contributed by atoms with E-state index in [4.69, 9.17) is 9.47 Å². The lowest BCUT2D eigenvalue weighted by atomic mass is 9.80. The Morgan fingerprint density at radius 1 is 0.583 bits per heavy atom. The highest BCUT2D eigenvalue weighted by molar-refractivity contribution is 5.70. The molecule has 6 rings (SSSR count). The summed E-state index contributed by atoms with van der Waals surface area (Å²) >= 11 is 0. The highest BCUT2D eigenvalue weighted by Crippen LogP contribution is 2.41. The second-order valence-electron chi connectivity index (χ2n) is 13.7. The van der Waals surface area contributed by atoms with Gasteiger partial charge in [-0.2, -0.15) is 0 Å². The van der Waals surface area contributed by atoms with Gasteiger partial charge in [0.15, 0.2) is 0 Å². The van der Waals surface area contributed by atoms with E-state index in [1.165, 1.54) is 24.3 Å². The Balaban J connectivity index is 0.000000188. The fraction of sp³-hybridized carbons (Fsp3) is 0.611. The van der Waals surface area contributed by atoms with Gasteiger partial charge < -0.3 is 29.5 Å². The van der Waals surface area contributed by atoms with Crippen molar-refractivity contribution in [3.8, 4) is 0 Å². The topological polar surface area (TPSA) is 99.5 Å². The Morgan fingerprint density at radius 2 is 0.875 bits per heavy atom. The van der Waals surface area contributed by atoms with Crippen molar-refractivity contribution in [2.45, 2.75) is 126 Å². The number of amides is 2. The lowest BCUT2D eigenvalue weighted by Gasteiger charge is -2.45. The van der Waals surface area contributed by atoms with E-state index in [9.17, 15) is 37.4 Å². The third-order valence-electron chi connectivity index (χ3n) is 10.7. The molecule has 264 valence electrons. The van der Waals surface area contributed by atoms with Crippen LogP contribution in [0, 0.1) is 0 Å². The van der Waals surface area contributed by atoms with Crippen LogP contribution >= 0.6 is 0 Å². The molecule has 2 amide bonds. The lowest BCUT2D eigenvalue weighted by molar-refractivity contribution is -0.0911. The van der Waals surface area contributed by atoms with E-state index in [1.54, 1.807) is 34.1 Å². The predicted molar refractivity (Wildman–Crippen MR) is 170 cm³/mol. The Hall–Kier alpha value is -3.38. The molecular formula is C36H46F4N2O6.